The first kappa shape index (κ1) is 15.9. The number of nitrogens with one attached hydrogen (secondary N) is 1. The van der Waals surface area contributed by atoms with Gasteiger partial charge in [-0.3, -0.25) is 4.79 Å². The van der Waals surface area contributed by atoms with Gasteiger partial charge in [-0.2, -0.15) is 0 Å². The topological polar surface area (TPSA) is 54.9 Å². The van der Waals surface area contributed by atoms with Crippen LogP contribution in [0.4, 0.5) is 0 Å². The molecule has 1 aromatic carbocycles. The zero-order valence-electron chi connectivity index (χ0n) is 13.5. The van der Waals surface area contributed by atoms with E-state index in [2.05, 4.69) is 21.4 Å². The SMILES string of the molecule is Cc1nc(-c2cccs2)sc1CNC(=O)c1ccc2ccccc2n1. The number of aromatic nitrogens is 2. The molecular formula is C19H15N3OS2. The van der Waals surface area contributed by atoms with Gasteiger partial charge in [0.1, 0.15) is 10.7 Å². The average molecular weight is 365 g/mol. The maximum Gasteiger partial charge on any atom is 0.270 e. The van der Waals surface area contributed by atoms with Crippen molar-refractivity contribution in [1.82, 2.24) is 15.3 Å². The Labute approximate surface area is 153 Å². The van der Waals surface area contributed by atoms with Crippen LogP contribution in [-0.4, -0.2) is 15.9 Å². The fourth-order valence-electron chi connectivity index (χ4n) is 2.54. The number of fused-ring (bicyclic) bond motifs is 1. The van der Waals surface area contributed by atoms with Crippen LogP contribution in [-0.2, 0) is 6.54 Å². The molecule has 3 aromatic heterocycles. The summed E-state index contributed by atoms with van der Waals surface area (Å²) in [5, 5.41) is 7.02. The summed E-state index contributed by atoms with van der Waals surface area (Å²) in [6.07, 6.45) is 0. The molecule has 1 N–H and O–H groups in total. The van der Waals surface area contributed by atoms with E-state index in [1.54, 1.807) is 28.7 Å². The molecule has 6 heteroatoms. The molecule has 0 aliphatic heterocycles. The number of amides is 1. The van der Waals surface area contributed by atoms with Gasteiger partial charge in [0.05, 0.1) is 22.6 Å². The Bertz CT molecular complexity index is 1040. The maximum absolute atomic E-state index is 12.4. The van der Waals surface area contributed by atoms with Gasteiger partial charge in [0.2, 0.25) is 0 Å². The first-order valence-electron chi connectivity index (χ1n) is 7.85. The second kappa shape index (κ2) is 6.74. The molecule has 4 rings (SSSR count). The van der Waals surface area contributed by atoms with Crippen LogP contribution < -0.4 is 5.32 Å². The minimum atomic E-state index is -0.170. The van der Waals surface area contributed by atoms with Gasteiger partial charge in [0.25, 0.3) is 5.91 Å². The molecule has 0 fully saturated rings. The summed E-state index contributed by atoms with van der Waals surface area (Å²) in [5.41, 5.74) is 2.21. The molecule has 4 nitrogen and oxygen atoms in total. The van der Waals surface area contributed by atoms with E-state index in [1.807, 2.05) is 48.7 Å². The fraction of sp³-hybridized carbons (Fsp3) is 0.105. The van der Waals surface area contributed by atoms with Crippen LogP contribution in [0.5, 0.6) is 0 Å². The number of thiazole rings is 1. The van der Waals surface area contributed by atoms with Crippen LogP contribution in [0.3, 0.4) is 0 Å². The molecule has 0 spiro atoms. The molecule has 25 heavy (non-hydrogen) atoms. The highest BCUT2D eigenvalue weighted by atomic mass is 32.1. The molecule has 3 heterocycles. The van der Waals surface area contributed by atoms with E-state index in [0.29, 0.717) is 12.2 Å². The predicted octanol–water partition coefficient (Wildman–Crippen LogP) is 4.66. The van der Waals surface area contributed by atoms with Crippen LogP contribution in [0.15, 0.2) is 53.9 Å². The lowest BCUT2D eigenvalue weighted by atomic mass is 10.2. The fourth-order valence-corrected chi connectivity index (χ4v) is 4.34. The van der Waals surface area contributed by atoms with Gasteiger partial charge in [0.15, 0.2) is 0 Å². The third-order valence-corrected chi connectivity index (χ3v) is 6.06. The number of carbonyl (C=O) groups excluding carboxylic acids is 1. The lowest BCUT2D eigenvalue weighted by molar-refractivity contribution is 0.0946. The molecule has 0 atom stereocenters. The summed E-state index contributed by atoms with van der Waals surface area (Å²) in [4.78, 5) is 23.7. The monoisotopic (exact) mass is 365 g/mol. The summed E-state index contributed by atoms with van der Waals surface area (Å²) in [6.45, 7) is 2.44. The largest absolute Gasteiger partial charge is 0.346 e. The molecule has 0 saturated carbocycles. The van der Waals surface area contributed by atoms with Gasteiger partial charge in [-0.1, -0.05) is 30.3 Å². The van der Waals surface area contributed by atoms with Crippen molar-refractivity contribution >= 4 is 39.5 Å². The predicted molar refractivity (Wildman–Crippen MR) is 103 cm³/mol. The van der Waals surface area contributed by atoms with E-state index in [4.69, 9.17) is 0 Å². The molecule has 124 valence electrons. The Morgan fingerprint density at radius 1 is 1.08 bits per heavy atom. The van der Waals surface area contributed by atoms with E-state index >= 15 is 0 Å². The van der Waals surface area contributed by atoms with Crippen LogP contribution in [0.2, 0.25) is 0 Å². The van der Waals surface area contributed by atoms with Gasteiger partial charge in [0, 0.05) is 10.3 Å². The lowest BCUT2D eigenvalue weighted by Gasteiger charge is -2.05. The molecule has 0 saturated heterocycles. The zero-order valence-corrected chi connectivity index (χ0v) is 15.2. The number of thiophene rings is 1. The maximum atomic E-state index is 12.4. The van der Waals surface area contributed by atoms with Crippen molar-refractivity contribution in [3.8, 4) is 9.88 Å². The molecule has 0 bridgehead atoms. The third-order valence-electron chi connectivity index (χ3n) is 3.87. The van der Waals surface area contributed by atoms with Crippen molar-refractivity contribution in [3.63, 3.8) is 0 Å². The summed E-state index contributed by atoms with van der Waals surface area (Å²) >= 11 is 3.29. The molecule has 0 aliphatic rings. The van der Waals surface area contributed by atoms with Crippen molar-refractivity contribution < 1.29 is 4.79 Å². The molecular weight excluding hydrogens is 350 g/mol. The Morgan fingerprint density at radius 3 is 2.80 bits per heavy atom. The van der Waals surface area contributed by atoms with Crippen LogP contribution in [0, 0.1) is 6.92 Å². The van der Waals surface area contributed by atoms with E-state index in [0.717, 1.165) is 31.4 Å². The Morgan fingerprint density at radius 2 is 1.96 bits per heavy atom. The number of hydrogen-bond acceptors (Lipinski definition) is 5. The van der Waals surface area contributed by atoms with Crippen molar-refractivity contribution in [2.24, 2.45) is 0 Å². The number of aryl methyl sites for hydroxylation is 1. The van der Waals surface area contributed by atoms with Crippen molar-refractivity contribution in [2.75, 3.05) is 0 Å². The standard InChI is InChI=1S/C19H15N3OS2/c1-12-17(25-19(21-12)16-7-4-10-24-16)11-20-18(23)15-9-8-13-5-2-3-6-14(13)22-15/h2-10H,11H2,1H3,(H,20,23). The number of benzene rings is 1. The first-order chi connectivity index (χ1) is 12.2. The number of carbonyl (C=O) groups is 1. The van der Waals surface area contributed by atoms with Gasteiger partial charge in [-0.25, -0.2) is 9.97 Å². The second-order valence-electron chi connectivity index (χ2n) is 5.58. The van der Waals surface area contributed by atoms with Crippen LogP contribution >= 0.6 is 22.7 Å². The van der Waals surface area contributed by atoms with Gasteiger partial charge < -0.3 is 5.32 Å². The van der Waals surface area contributed by atoms with E-state index in [-0.39, 0.29) is 5.91 Å². The van der Waals surface area contributed by atoms with Crippen molar-refractivity contribution in [2.45, 2.75) is 13.5 Å². The third kappa shape index (κ3) is 3.31. The van der Waals surface area contributed by atoms with Gasteiger partial charge >= 0.3 is 0 Å². The number of para-hydroxylation sites is 1. The zero-order chi connectivity index (χ0) is 17.2. The van der Waals surface area contributed by atoms with E-state index in [9.17, 15) is 4.79 Å². The quantitative estimate of drug-likeness (QED) is 0.572. The molecule has 4 aromatic rings. The summed E-state index contributed by atoms with van der Waals surface area (Å²) < 4.78 is 0. The highest BCUT2D eigenvalue weighted by Crippen LogP contribution is 2.30. The summed E-state index contributed by atoms with van der Waals surface area (Å²) in [6, 6.07) is 15.5. The van der Waals surface area contributed by atoms with E-state index < -0.39 is 0 Å². The smallest absolute Gasteiger partial charge is 0.270 e. The van der Waals surface area contributed by atoms with Crippen LogP contribution in [0.25, 0.3) is 20.8 Å². The van der Waals surface area contributed by atoms with Gasteiger partial charge in [-0.05, 0) is 30.5 Å². The second-order valence-corrected chi connectivity index (χ2v) is 7.61. The van der Waals surface area contributed by atoms with Gasteiger partial charge in [-0.15, -0.1) is 22.7 Å². The number of pyridine rings is 1. The highest BCUT2D eigenvalue weighted by Gasteiger charge is 2.13. The normalized spacial score (nSPS) is 10.9. The van der Waals surface area contributed by atoms with E-state index in [1.165, 1.54) is 0 Å². The number of nitrogens with zero attached hydrogens (tertiary/aromatic N) is 2. The average Bonchev–Trinajstić information content (AvgIpc) is 3.29. The van der Waals surface area contributed by atoms with Crippen LogP contribution in [0.1, 0.15) is 21.1 Å². The number of hydrogen-bond donors (Lipinski definition) is 1. The Hall–Kier alpha value is -2.57. The molecule has 1 amide bonds. The van der Waals surface area contributed by atoms with Crippen molar-refractivity contribution in [1.29, 1.82) is 0 Å². The number of rotatable bonds is 4. The highest BCUT2D eigenvalue weighted by molar-refractivity contribution is 7.21. The summed E-state index contributed by atoms with van der Waals surface area (Å²) in [5.74, 6) is -0.170. The Balaban J connectivity index is 1.49. The molecule has 0 radical (unpaired) electrons. The minimum Gasteiger partial charge on any atom is -0.346 e. The first-order valence-corrected chi connectivity index (χ1v) is 9.54. The minimum absolute atomic E-state index is 0.170. The summed E-state index contributed by atoms with van der Waals surface area (Å²) in [7, 11) is 0. The Kier molecular flexibility index (Phi) is 4.29. The van der Waals surface area contributed by atoms with Crippen molar-refractivity contribution in [3.05, 3.63) is 70.2 Å². The molecule has 0 unspecified atom stereocenters. The molecule has 0 aliphatic carbocycles. The lowest BCUT2D eigenvalue weighted by Crippen LogP contribution is -2.23.